The maximum Gasteiger partial charge on any atom is 0.159 e. The van der Waals surface area contributed by atoms with Gasteiger partial charge >= 0.3 is 0 Å². The van der Waals surface area contributed by atoms with Crippen LogP contribution >= 0.6 is 0 Å². The number of carbonyl (C=O) groups excluding carboxylic acids is 1. The third-order valence-electron chi connectivity index (χ3n) is 4.07. The molecule has 0 saturated carbocycles. The van der Waals surface area contributed by atoms with E-state index in [0.29, 0.717) is 16.9 Å². The van der Waals surface area contributed by atoms with Crippen LogP contribution in [0.25, 0.3) is 0 Å². The Labute approximate surface area is 153 Å². The lowest BCUT2D eigenvalue weighted by atomic mass is 10.0. The molecule has 0 aliphatic carbocycles. The summed E-state index contributed by atoms with van der Waals surface area (Å²) in [6, 6.07) is 12.8. The minimum atomic E-state index is -0.773. The number of phenols is 1. The molecule has 2 aromatic rings. The number of benzene rings is 2. The summed E-state index contributed by atoms with van der Waals surface area (Å²) >= 11 is 0. The number of hydrogen-bond donors (Lipinski definition) is 4. The highest BCUT2D eigenvalue weighted by atomic mass is 16.5. The van der Waals surface area contributed by atoms with E-state index in [2.05, 4.69) is 5.32 Å². The van der Waals surface area contributed by atoms with Gasteiger partial charge in [-0.15, -0.1) is 0 Å². The number of aliphatic hydroxyl groups excluding tert-OH is 2. The molecule has 0 bridgehead atoms. The van der Waals surface area contributed by atoms with Crippen molar-refractivity contribution in [3.8, 4) is 11.5 Å². The molecule has 0 saturated heterocycles. The third-order valence-corrected chi connectivity index (χ3v) is 4.07. The molecular formula is C20H25NO5. The zero-order chi connectivity index (χ0) is 19.1. The van der Waals surface area contributed by atoms with Gasteiger partial charge in [0, 0.05) is 18.2 Å². The van der Waals surface area contributed by atoms with Crippen LogP contribution in [0, 0.1) is 0 Å². The Morgan fingerprint density at radius 3 is 2.50 bits per heavy atom. The van der Waals surface area contributed by atoms with Gasteiger partial charge in [0.1, 0.15) is 24.2 Å². The Kier molecular flexibility index (Phi) is 7.15. The van der Waals surface area contributed by atoms with Crippen molar-refractivity contribution in [2.45, 2.75) is 32.1 Å². The van der Waals surface area contributed by atoms with Crippen LogP contribution in [0.2, 0.25) is 0 Å². The van der Waals surface area contributed by atoms with Crippen molar-refractivity contribution in [2.75, 3.05) is 13.2 Å². The number of rotatable bonds is 9. The number of ketones is 1. The molecule has 0 fully saturated rings. The number of aromatic hydroxyl groups is 1. The molecule has 0 spiro atoms. The molecule has 0 amide bonds. The molecule has 140 valence electrons. The summed E-state index contributed by atoms with van der Waals surface area (Å²) < 4.78 is 5.52. The van der Waals surface area contributed by atoms with Crippen LogP contribution in [0.3, 0.4) is 0 Å². The number of hydrogen-bond acceptors (Lipinski definition) is 6. The van der Waals surface area contributed by atoms with Gasteiger partial charge in [0.15, 0.2) is 5.78 Å². The zero-order valence-electron chi connectivity index (χ0n) is 14.9. The second kappa shape index (κ2) is 9.33. The first kappa shape index (κ1) is 19.9. The van der Waals surface area contributed by atoms with Crippen LogP contribution in [0.5, 0.6) is 11.5 Å². The van der Waals surface area contributed by atoms with Crippen molar-refractivity contribution in [1.82, 2.24) is 5.32 Å². The minimum absolute atomic E-state index is 0.0466. The molecule has 0 aromatic heterocycles. The molecular weight excluding hydrogens is 334 g/mol. The molecule has 2 aromatic carbocycles. The summed E-state index contributed by atoms with van der Waals surface area (Å²) in [6.07, 6.45) is -1.54. The normalized spacial score (nSPS) is 14.5. The number of Topliss-reactive ketones (excluding diaryl/α,β-unsaturated/α-hetero) is 1. The summed E-state index contributed by atoms with van der Waals surface area (Å²) in [6.45, 7) is 3.60. The van der Waals surface area contributed by atoms with Crippen molar-refractivity contribution < 1.29 is 24.9 Å². The topological polar surface area (TPSA) is 99.0 Å². The summed E-state index contributed by atoms with van der Waals surface area (Å²) in [4.78, 5) is 11.4. The zero-order valence-corrected chi connectivity index (χ0v) is 14.9. The van der Waals surface area contributed by atoms with Crippen molar-refractivity contribution in [1.29, 1.82) is 0 Å². The van der Waals surface area contributed by atoms with E-state index >= 15 is 0 Å². The predicted octanol–water partition coefficient (Wildman–Crippen LogP) is 2.05. The van der Waals surface area contributed by atoms with Crippen LogP contribution in [-0.4, -0.2) is 46.4 Å². The first-order valence-corrected chi connectivity index (χ1v) is 8.49. The Morgan fingerprint density at radius 1 is 1.15 bits per heavy atom. The SMILES string of the molecule is CC(=O)c1cccc(OC[C@@H](O)CN[C@@H](C)[C@@H](O)c2ccc(O)cc2)c1. The van der Waals surface area contributed by atoms with Gasteiger partial charge in [-0.25, -0.2) is 0 Å². The van der Waals surface area contributed by atoms with E-state index < -0.39 is 12.2 Å². The van der Waals surface area contributed by atoms with Crippen LogP contribution in [0.4, 0.5) is 0 Å². The fourth-order valence-corrected chi connectivity index (χ4v) is 2.45. The van der Waals surface area contributed by atoms with Crippen LogP contribution < -0.4 is 10.1 Å². The van der Waals surface area contributed by atoms with Gasteiger partial charge in [-0.3, -0.25) is 4.79 Å². The number of nitrogens with one attached hydrogen (secondary N) is 1. The fourth-order valence-electron chi connectivity index (χ4n) is 2.45. The first-order chi connectivity index (χ1) is 12.4. The third kappa shape index (κ3) is 5.84. The number of aliphatic hydroxyl groups is 2. The van der Waals surface area contributed by atoms with Gasteiger partial charge < -0.3 is 25.4 Å². The molecule has 0 unspecified atom stereocenters. The standard InChI is InChI=1S/C20H25NO5/c1-13(20(25)15-6-8-17(23)9-7-15)21-11-18(24)12-26-19-5-3-4-16(10-19)14(2)22/h3-10,13,18,20-21,23-25H,11-12H2,1-2H3/t13-,18-,20+/m0/s1. The molecule has 0 aliphatic heterocycles. The highest BCUT2D eigenvalue weighted by Gasteiger charge is 2.17. The highest BCUT2D eigenvalue weighted by molar-refractivity contribution is 5.94. The number of phenolic OH excluding ortho intramolecular Hbond substituents is 1. The van der Waals surface area contributed by atoms with E-state index in [4.69, 9.17) is 4.74 Å². The molecule has 2 rings (SSSR count). The van der Waals surface area contributed by atoms with Crippen molar-refractivity contribution >= 4 is 5.78 Å². The summed E-state index contributed by atoms with van der Waals surface area (Å²) in [5, 5.41) is 32.7. The molecule has 6 nitrogen and oxygen atoms in total. The van der Waals surface area contributed by atoms with Gasteiger partial charge in [-0.2, -0.15) is 0 Å². The maximum absolute atomic E-state index is 11.4. The summed E-state index contributed by atoms with van der Waals surface area (Å²) in [5.41, 5.74) is 1.23. The lowest BCUT2D eigenvalue weighted by Crippen LogP contribution is -2.39. The van der Waals surface area contributed by atoms with Gasteiger partial charge in [-0.05, 0) is 43.7 Å². The Hall–Kier alpha value is -2.41. The van der Waals surface area contributed by atoms with Gasteiger partial charge in [0.25, 0.3) is 0 Å². The molecule has 0 aliphatic rings. The van der Waals surface area contributed by atoms with E-state index in [1.165, 1.54) is 19.1 Å². The summed E-state index contributed by atoms with van der Waals surface area (Å²) in [5.74, 6) is 0.617. The van der Waals surface area contributed by atoms with Crippen molar-refractivity contribution in [3.63, 3.8) is 0 Å². The number of carbonyl (C=O) groups is 1. The monoisotopic (exact) mass is 359 g/mol. The Morgan fingerprint density at radius 2 is 1.85 bits per heavy atom. The minimum Gasteiger partial charge on any atom is -0.508 e. The van der Waals surface area contributed by atoms with E-state index in [1.54, 1.807) is 43.3 Å². The second-order valence-corrected chi connectivity index (χ2v) is 6.28. The second-order valence-electron chi connectivity index (χ2n) is 6.28. The lowest BCUT2D eigenvalue weighted by molar-refractivity contribution is 0.0875. The van der Waals surface area contributed by atoms with Crippen molar-refractivity contribution in [3.05, 3.63) is 59.7 Å². The fraction of sp³-hybridized carbons (Fsp3) is 0.350. The summed E-state index contributed by atoms with van der Waals surface area (Å²) in [7, 11) is 0. The van der Waals surface area contributed by atoms with E-state index in [1.807, 2.05) is 0 Å². The quantitative estimate of drug-likeness (QED) is 0.512. The van der Waals surface area contributed by atoms with Gasteiger partial charge in [0.05, 0.1) is 6.10 Å². The molecule has 0 heterocycles. The average Bonchev–Trinajstić information content (AvgIpc) is 2.64. The predicted molar refractivity (Wildman–Crippen MR) is 98.5 cm³/mol. The highest BCUT2D eigenvalue weighted by Crippen LogP contribution is 2.19. The van der Waals surface area contributed by atoms with Crippen LogP contribution in [0.1, 0.15) is 35.9 Å². The molecule has 6 heteroatoms. The smallest absolute Gasteiger partial charge is 0.159 e. The van der Waals surface area contributed by atoms with Crippen molar-refractivity contribution in [2.24, 2.45) is 0 Å². The Bertz CT molecular complexity index is 716. The Balaban J connectivity index is 1.79. The van der Waals surface area contributed by atoms with E-state index in [9.17, 15) is 20.1 Å². The largest absolute Gasteiger partial charge is 0.508 e. The van der Waals surface area contributed by atoms with Gasteiger partial charge in [0.2, 0.25) is 0 Å². The van der Waals surface area contributed by atoms with E-state index in [-0.39, 0.29) is 30.7 Å². The molecule has 4 N–H and O–H groups in total. The average molecular weight is 359 g/mol. The molecule has 26 heavy (non-hydrogen) atoms. The van der Waals surface area contributed by atoms with Crippen LogP contribution in [0.15, 0.2) is 48.5 Å². The first-order valence-electron chi connectivity index (χ1n) is 8.49. The van der Waals surface area contributed by atoms with Gasteiger partial charge in [-0.1, -0.05) is 24.3 Å². The maximum atomic E-state index is 11.4. The molecule has 0 radical (unpaired) electrons. The van der Waals surface area contributed by atoms with E-state index in [0.717, 1.165) is 0 Å². The number of ether oxygens (including phenoxy) is 1. The lowest BCUT2D eigenvalue weighted by Gasteiger charge is -2.22. The molecule has 3 atom stereocenters. The van der Waals surface area contributed by atoms with Crippen LogP contribution in [-0.2, 0) is 0 Å².